The number of anilines is 2. The first-order valence-electron chi connectivity index (χ1n) is 4.84. The van der Waals surface area contributed by atoms with Crippen LogP contribution in [0.4, 0.5) is 11.4 Å². The predicted molar refractivity (Wildman–Crippen MR) is 63.8 cm³/mol. The van der Waals surface area contributed by atoms with Crippen molar-refractivity contribution in [1.29, 1.82) is 0 Å². The Morgan fingerprint density at radius 1 is 1.38 bits per heavy atom. The van der Waals surface area contributed by atoms with Gasteiger partial charge in [0.25, 0.3) is 0 Å². The minimum Gasteiger partial charge on any atom is -0.397 e. The van der Waals surface area contributed by atoms with Gasteiger partial charge in [-0.05, 0) is 12.1 Å². The van der Waals surface area contributed by atoms with Crippen LogP contribution in [0.15, 0.2) is 30.5 Å². The number of nitrogens with two attached hydrogens (primary N) is 2. The van der Waals surface area contributed by atoms with Crippen LogP contribution in [-0.2, 0) is 4.79 Å². The Labute approximate surface area is 92.5 Å². The summed E-state index contributed by atoms with van der Waals surface area (Å²) in [7, 11) is 0. The monoisotopic (exact) mass is 216 g/mol. The lowest BCUT2D eigenvalue weighted by Crippen LogP contribution is -2.21. The van der Waals surface area contributed by atoms with Gasteiger partial charge in [0, 0.05) is 17.3 Å². The highest BCUT2D eigenvalue weighted by molar-refractivity contribution is 5.98. The Hall–Kier alpha value is -2.30. The van der Waals surface area contributed by atoms with Crippen LogP contribution < -0.4 is 16.8 Å². The maximum atomic E-state index is 10.7. The number of nitrogen functional groups attached to an aromatic ring is 1. The average Bonchev–Trinajstić information content (AvgIpc) is 2.27. The van der Waals surface area contributed by atoms with Gasteiger partial charge in [-0.15, -0.1) is 0 Å². The molecule has 1 aromatic carbocycles. The van der Waals surface area contributed by atoms with Crippen LogP contribution in [0.2, 0.25) is 0 Å². The van der Waals surface area contributed by atoms with E-state index in [2.05, 4.69) is 10.3 Å². The lowest BCUT2D eigenvalue weighted by Gasteiger charge is -2.08. The second-order valence-corrected chi connectivity index (χ2v) is 3.42. The summed E-state index contributed by atoms with van der Waals surface area (Å²) in [6.45, 7) is 0.0912. The molecule has 0 unspecified atom stereocenters. The van der Waals surface area contributed by atoms with Crippen molar-refractivity contribution in [3.05, 3.63) is 30.5 Å². The van der Waals surface area contributed by atoms with Crippen molar-refractivity contribution in [2.24, 2.45) is 5.73 Å². The molecule has 0 saturated heterocycles. The van der Waals surface area contributed by atoms with Gasteiger partial charge in [0.1, 0.15) is 0 Å². The zero-order valence-corrected chi connectivity index (χ0v) is 8.60. The van der Waals surface area contributed by atoms with Gasteiger partial charge < -0.3 is 16.8 Å². The first kappa shape index (κ1) is 10.2. The Kier molecular flexibility index (Phi) is 2.59. The third kappa shape index (κ3) is 1.88. The van der Waals surface area contributed by atoms with Gasteiger partial charge in [-0.25, -0.2) is 0 Å². The van der Waals surface area contributed by atoms with Crippen LogP contribution >= 0.6 is 0 Å². The molecule has 5 N–H and O–H groups in total. The zero-order chi connectivity index (χ0) is 11.5. The molecule has 0 fully saturated rings. The second-order valence-electron chi connectivity index (χ2n) is 3.42. The molecule has 0 atom stereocenters. The van der Waals surface area contributed by atoms with Crippen LogP contribution in [0.3, 0.4) is 0 Å². The Balaban J connectivity index is 2.45. The van der Waals surface area contributed by atoms with Gasteiger partial charge in [0.15, 0.2) is 0 Å². The fraction of sp³-hybridized carbons (Fsp3) is 0.0909. The van der Waals surface area contributed by atoms with Crippen LogP contribution in [0, 0.1) is 0 Å². The normalized spacial score (nSPS) is 10.2. The number of primary amides is 1. The van der Waals surface area contributed by atoms with E-state index in [9.17, 15) is 4.79 Å². The van der Waals surface area contributed by atoms with Gasteiger partial charge in [0.05, 0.1) is 17.7 Å². The SMILES string of the molecule is NC(=O)CNc1ccnc2c(N)cccc12. The molecule has 0 saturated carbocycles. The first-order valence-corrected chi connectivity index (χ1v) is 4.84. The van der Waals surface area contributed by atoms with Crippen molar-refractivity contribution >= 4 is 28.2 Å². The molecule has 0 spiro atoms. The molecule has 16 heavy (non-hydrogen) atoms. The molecular weight excluding hydrogens is 204 g/mol. The van der Waals surface area contributed by atoms with E-state index in [0.717, 1.165) is 16.6 Å². The summed E-state index contributed by atoms with van der Waals surface area (Å²) in [5.41, 5.74) is 13.0. The summed E-state index contributed by atoms with van der Waals surface area (Å²) in [5, 5.41) is 3.82. The number of nitrogens with zero attached hydrogens (tertiary/aromatic N) is 1. The molecule has 0 aliphatic rings. The molecule has 1 aromatic heterocycles. The second kappa shape index (κ2) is 4.06. The molecule has 2 rings (SSSR count). The van der Waals surface area contributed by atoms with Crippen molar-refractivity contribution in [2.45, 2.75) is 0 Å². The summed E-state index contributed by atoms with van der Waals surface area (Å²) in [6, 6.07) is 7.30. The van der Waals surface area contributed by atoms with Crippen molar-refractivity contribution in [3.8, 4) is 0 Å². The highest BCUT2D eigenvalue weighted by Gasteiger charge is 2.04. The van der Waals surface area contributed by atoms with Crippen LogP contribution in [0.25, 0.3) is 10.9 Å². The molecule has 5 heteroatoms. The molecule has 1 heterocycles. The topological polar surface area (TPSA) is 94.0 Å². The zero-order valence-electron chi connectivity index (χ0n) is 8.60. The number of benzene rings is 1. The van der Waals surface area contributed by atoms with Gasteiger partial charge in [-0.1, -0.05) is 12.1 Å². The van der Waals surface area contributed by atoms with Crippen LogP contribution in [-0.4, -0.2) is 17.4 Å². The maximum absolute atomic E-state index is 10.7. The Morgan fingerprint density at radius 2 is 2.19 bits per heavy atom. The number of para-hydroxylation sites is 1. The summed E-state index contributed by atoms with van der Waals surface area (Å²) in [6.07, 6.45) is 1.64. The highest BCUT2D eigenvalue weighted by atomic mass is 16.1. The van der Waals surface area contributed by atoms with E-state index in [0.29, 0.717) is 5.69 Å². The van der Waals surface area contributed by atoms with E-state index in [4.69, 9.17) is 11.5 Å². The molecule has 0 aliphatic carbocycles. The number of nitrogens with one attached hydrogen (secondary N) is 1. The van der Waals surface area contributed by atoms with E-state index in [1.807, 2.05) is 12.1 Å². The average molecular weight is 216 g/mol. The van der Waals surface area contributed by atoms with Crippen molar-refractivity contribution in [1.82, 2.24) is 4.98 Å². The molecule has 0 radical (unpaired) electrons. The molecule has 0 bridgehead atoms. The minimum absolute atomic E-state index is 0.0912. The van der Waals surface area contributed by atoms with Crippen molar-refractivity contribution in [2.75, 3.05) is 17.6 Å². The predicted octanol–water partition coefficient (Wildman–Crippen LogP) is 0.714. The fourth-order valence-electron chi connectivity index (χ4n) is 1.54. The number of hydrogen-bond donors (Lipinski definition) is 3. The summed E-state index contributed by atoms with van der Waals surface area (Å²) in [4.78, 5) is 14.9. The number of rotatable bonds is 3. The van der Waals surface area contributed by atoms with E-state index in [-0.39, 0.29) is 6.54 Å². The Bertz CT molecular complexity index is 538. The molecule has 82 valence electrons. The number of carbonyl (C=O) groups is 1. The smallest absolute Gasteiger partial charge is 0.236 e. The third-order valence-electron chi connectivity index (χ3n) is 2.26. The summed E-state index contributed by atoms with van der Waals surface area (Å²) >= 11 is 0. The standard InChI is InChI=1S/C11H12N4O/c12-8-3-1-2-7-9(15-6-10(13)16)4-5-14-11(7)8/h1-5H,6,12H2,(H2,13,16)(H,14,15). The highest BCUT2D eigenvalue weighted by Crippen LogP contribution is 2.24. The van der Waals surface area contributed by atoms with E-state index < -0.39 is 5.91 Å². The van der Waals surface area contributed by atoms with Gasteiger partial charge >= 0.3 is 0 Å². The molecule has 5 nitrogen and oxygen atoms in total. The van der Waals surface area contributed by atoms with E-state index in [1.165, 1.54) is 0 Å². The van der Waals surface area contributed by atoms with Gasteiger partial charge in [0.2, 0.25) is 5.91 Å². The number of carbonyl (C=O) groups excluding carboxylic acids is 1. The van der Waals surface area contributed by atoms with Crippen molar-refractivity contribution in [3.63, 3.8) is 0 Å². The summed E-state index contributed by atoms with van der Waals surface area (Å²) in [5.74, 6) is -0.408. The van der Waals surface area contributed by atoms with Gasteiger partial charge in [-0.2, -0.15) is 0 Å². The lowest BCUT2D eigenvalue weighted by molar-refractivity contribution is -0.116. The minimum atomic E-state index is -0.408. The molecular formula is C11H12N4O. The number of amides is 1. The molecule has 0 aliphatic heterocycles. The molecule has 1 amide bonds. The summed E-state index contributed by atoms with van der Waals surface area (Å²) < 4.78 is 0. The number of pyridine rings is 1. The largest absolute Gasteiger partial charge is 0.397 e. The van der Waals surface area contributed by atoms with E-state index >= 15 is 0 Å². The first-order chi connectivity index (χ1) is 7.68. The maximum Gasteiger partial charge on any atom is 0.236 e. The third-order valence-corrected chi connectivity index (χ3v) is 2.26. The van der Waals surface area contributed by atoms with E-state index in [1.54, 1.807) is 18.3 Å². The Morgan fingerprint density at radius 3 is 2.94 bits per heavy atom. The molecule has 2 aromatic rings. The fourth-order valence-corrected chi connectivity index (χ4v) is 1.54. The number of hydrogen-bond acceptors (Lipinski definition) is 4. The van der Waals surface area contributed by atoms with Crippen LogP contribution in [0.5, 0.6) is 0 Å². The quantitative estimate of drug-likeness (QED) is 0.659. The number of fused-ring (bicyclic) bond motifs is 1. The number of aromatic nitrogens is 1. The lowest BCUT2D eigenvalue weighted by atomic mass is 10.1. The van der Waals surface area contributed by atoms with Crippen molar-refractivity contribution < 1.29 is 4.79 Å². The van der Waals surface area contributed by atoms with Gasteiger partial charge in [-0.3, -0.25) is 9.78 Å². The van der Waals surface area contributed by atoms with Crippen LogP contribution in [0.1, 0.15) is 0 Å².